The Kier molecular flexibility index (Phi) is 5.02. The van der Waals surface area contributed by atoms with Gasteiger partial charge < -0.3 is 5.11 Å². The second-order valence-electron chi connectivity index (χ2n) is 7.35. The summed E-state index contributed by atoms with van der Waals surface area (Å²) in [4.78, 5) is 11.4. The van der Waals surface area contributed by atoms with E-state index in [0.717, 1.165) is 16.8 Å². The summed E-state index contributed by atoms with van der Waals surface area (Å²) in [6.07, 6.45) is 0. The van der Waals surface area contributed by atoms with Crippen molar-refractivity contribution in [2.45, 2.75) is 23.9 Å². The lowest BCUT2D eigenvalue weighted by Gasteiger charge is -2.14. The van der Waals surface area contributed by atoms with Gasteiger partial charge in [0.05, 0.1) is 16.2 Å². The summed E-state index contributed by atoms with van der Waals surface area (Å²) in [6, 6.07) is 15.8. The van der Waals surface area contributed by atoms with Crippen molar-refractivity contribution in [2.24, 2.45) is 0 Å². The summed E-state index contributed by atoms with van der Waals surface area (Å²) in [6.45, 7) is 3.99. The Balaban J connectivity index is 1.70. The van der Waals surface area contributed by atoms with Gasteiger partial charge in [-0.05, 0) is 65.8 Å². The van der Waals surface area contributed by atoms with Crippen LogP contribution < -0.4 is 0 Å². The maximum absolute atomic E-state index is 11.3. The highest BCUT2D eigenvalue weighted by atomic mass is 32.2. The summed E-state index contributed by atoms with van der Waals surface area (Å²) in [5, 5.41) is 38.5. The number of phenols is 1. The number of phenolic OH excluding ortho intramolecular Hbond substituents is 1. The van der Waals surface area contributed by atoms with Crippen LogP contribution in [0.15, 0.2) is 69.3 Å². The van der Waals surface area contributed by atoms with Gasteiger partial charge in [0.1, 0.15) is 5.75 Å². The number of benzene rings is 3. The zero-order valence-corrected chi connectivity index (χ0v) is 18.3. The van der Waals surface area contributed by atoms with Crippen LogP contribution in [0.3, 0.4) is 0 Å². The Morgan fingerprint density at radius 1 is 1.03 bits per heavy atom. The van der Waals surface area contributed by atoms with Crippen molar-refractivity contribution in [1.82, 2.24) is 25.1 Å². The summed E-state index contributed by atoms with van der Waals surface area (Å²) >= 11 is 1.22. The predicted octanol–water partition coefficient (Wildman–Crippen LogP) is 4.85. The van der Waals surface area contributed by atoms with Gasteiger partial charge in [0.25, 0.3) is 0 Å². The molecule has 11 heteroatoms. The van der Waals surface area contributed by atoms with Crippen LogP contribution in [0.1, 0.15) is 11.1 Å². The van der Waals surface area contributed by atoms with E-state index in [-0.39, 0.29) is 22.5 Å². The van der Waals surface area contributed by atoms with Crippen LogP contribution in [0, 0.1) is 24.0 Å². The van der Waals surface area contributed by atoms with E-state index in [1.807, 2.05) is 42.7 Å². The van der Waals surface area contributed by atoms with Crippen molar-refractivity contribution >= 4 is 28.5 Å². The van der Waals surface area contributed by atoms with Gasteiger partial charge >= 0.3 is 5.69 Å². The standard InChI is InChI=1S/C22H16N6O4S/c1-12-7-8-15(13(2)11-12)27-21(14-5-3-4-6-17(14)29)23-24-22(27)33-18-10-9-16(28(30)31)19-20(18)26-32-25-19/h3-11,29H,1-2H3. The number of aryl methyl sites for hydroxylation is 2. The highest BCUT2D eigenvalue weighted by Gasteiger charge is 2.24. The lowest BCUT2D eigenvalue weighted by atomic mass is 10.1. The second kappa shape index (κ2) is 8.02. The molecule has 10 nitrogen and oxygen atoms in total. The number of aromatic hydroxyl groups is 1. The Morgan fingerprint density at radius 3 is 2.58 bits per heavy atom. The minimum atomic E-state index is -0.532. The number of hydrogen-bond donors (Lipinski definition) is 1. The second-order valence-corrected chi connectivity index (χ2v) is 8.36. The summed E-state index contributed by atoms with van der Waals surface area (Å²) < 4.78 is 6.62. The predicted molar refractivity (Wildman–Crippen MR) is 121 cm³/mol. The van der Waals surface area contributed by atoms with E-state index < -0.39 is 4.92 Å². The van der Waals surface area contributed by atoms with Crippen LogP contribution in [0.25, 0.3) is 28.1 Å². The van der Waals surface area contributed by atoms with Gasteiger partial charge in [-0.1, -0.05) is 29.8 Å². The van der Waals surface area contributed by atoms with Crippen LogP contribution in [0.2, 0.25) is 0 Å². The van der Waals surface area contributed by atoms with Gasteiger partial charge in [-0.15, -0.1) is 10.2 Å². The Labute approximate surface area is 191 Å². The molecule has 0 aliphatic rings. The zero-order valence-electron chi connectivity index (χ0n) is 17.5. The SMILES string of the molecule is Cc1ccc(-n2c(Sc3ccc([N+](=O)[O-])c4nonc34)nnc2-c2ccccc2O)c(C)c1. The third-order valence-corrected chi connectivity index (χ3v) is 6.12. The lowest BCUT2D eigenvalue weighted by Crippen LogP contribution is -2.02. The largest absolute Gasteiger partial charge is 0.507 e. The van der Waals surface area contributed by atoms with E-state index >= 15 is 0 Å². The molecule has 0 atom stereocenters. The Morgan fingerprint density at radius 2 is 1.82 bits per heavy atom. The molecule has 1 N–H and O–H groups in total. The number of nitro groups is 1. The van der Waals surface area contributed by atoms with Gasteiger partial charge in [0.15, 0.2) is 11.3 Å². The Bertz CT molecular complexity index is 1530. The molecule has 0 saturated heterocycles. The first-order chi connectivity index (χ1) is 15.9. The van der Waals surface area contributed by atoms with Gasteiger partial charge in [0, 0.05) is 11.0 Å². The van der Waals surface area contributed by atoms with Crippen molar-refractivity contribution in [2.75, 3.05) is 0 Å². The quantitative estimate of drug-likeness (QED) is 0.288. The fourth-order valence-corrected chi connectivity index (χ4v) is 4.53. The molecule has 0 aliphatic carbocycles. The van der Waals surface area contributed by atoms with Crippen LogP contribution in [0.4, 0.5) is 5.69 Å². The van der Waals surface area contributed by atoms with Crippen molar-refractivity contribution in [1.29, 1.82) is 0 Å². The average molecular weight is 460 g/mol. The highest BCUT2D eigenvalue weighted by Crippen LogP contribution is 2.39. The van der Waals surface area contributed by atoms with E-state index in [0.29, 0.717) is 21.4 Å². The summed E-state index contributed by atoms with van der Waals surface area (Å²) in [5.74, 6) is 0.532. The molecular weight excluding hydrogens is 444 g/mol. The number of non-ortho nitro benzene ring substituents is 1. The zero-order chi connectivity index (χ0) is 23.1. The average Bonchev–Trinajstić information content (AvgIpc) is 3.42. The molecular formula is C22H16N6O4S. The molecule has 0 unspecified atom stereocenters. The maximum Gasteiger partial charge on any atom is 0.300 e. The molecule has 0 bridgehead atoms. The molecule has 5 rings (SSSR count). The normalized spacial score (nSPS) is 11.2. The smallest absolute Gasteiger partial charge is 0.300 e. The fraction of sp³-hybridized carbons (Fsp3) is 0.0909. The number of nitro benzene ring substituents is 1. The van der Waals surface area contributed by atoms with E-state index in [1.54, 1.807) is 24.3 Å². The first-order valence-electron chi connectivity index (χ1n) is 9.83. The minimum Gasteiger partial charge on any atom is -0.507 e. The number of aromatic nitrogens is 5. The first kappa shape index (κ1) is 20.6. The number of fused-ring (bicyclic) bond motifs is 1. The molecule has 164 valence electrons. The molecule has 33 heavy (non-hydrogen) atoms. The number of nitrogens with zero attached hydrogens (tertiary/aromatic N) is 6. The molecule has 2 heterocycles. The lowest BCUT2D eigenvalue weighted by molar-refractivity contribution is -0.383. The van der Waals surface area contributed by atoms with Gasteiger partial charge in [-0.3, -0.25) is 14.7 Å². The molecule has 5 aromatic rings. The third-order valence-electron chi connectivity index (χ3n) is 5.13. The van der Waals surface area contributed by atoms with Crippen LogP contribution in [-0.4, -0.2) is 35.1 Å². The number of rotatable bonds is 5. The Hall–Kier alpha value is -4.25. The van der Waals surface area contributed by atoms with Crippen LogP contribution in [0.5, 0.6) is 5.75 Å². The van der Waals surface area contributed by atoms with Crippen molar-refractivity contribution in [3.63, 3.8) is 0 Å². The van der Waals surface area contributed by atoms with Gasteiger partial charge in [-0.2, -0.15) is 0 Å². The molecule has 0 saturated carbocycles. The van der Waals surface area contributed by atoms with Gasteiger partial charge in [-0.25, -0.2) is 4.63 Å². The highest BCUT2D eigenvalue weighted by molar-refractivity contribution is 7.99. The van der Waals surface area contributed by atoms with Crippen LogP contribution in [-0.2, 0) is 0 Å². The molecule has 0 spiro atoms. The summed E-state index contributed by atoms with van der Waals surface area (Å²) in [7, 11) is 0. The topological polar surface area (TPSA) is 133 Å². The summed E-state index contributed by atoms with van der Waals surface area (Å²) in [5.41, 5.74) is 3.58. The minimum absolute atomic E-state index is 0.0588. The van der Waals surface area contributed by atoms with Crippen molar-refractivity contribution in [3.8, 4) is 22.8 Å². The van der Waals surface area contributed by atoms with Crippen molar-refractivity contribution < 1.29 is 14.7 Å². The maximum atomic E-state index is 11.3. The molecule has 0 aliphatic heterocycles. The van der Waals surface area contributed by atoms with Gasteiger partial charge in [0.2, 0.25) is 10.7 Å². The van der Waals surface area contributed by atoms with E-state index in [9.17, 15) is 15.2 Å². The van der Waals surface area contributed by atoms with Crippen LogP contribution >= 0.6 is 11.8 Å². The molecule has 0 fully saturated rings. The first-order valence-corrected chi connectivity index (χ1v) is 10.6. The van der Waals surface area contributed by atoms with E-state index in [4.69, 9.17) is 4.63 Å². The van der Waals surface area contributed by atoms with E-state index in [1.165, 1.54) is 17.8 Å². The molecule has 3 aromatic carbocycles. The molecule has 2 aromatic heterocycles. The molecule has 0 radical (unpaired) electrons. The molecule has 0 amide bonds. The monoisotopic (exact) mass is 460 g/mol. The number of hydrogen-bond acceptors (Lipinski definition) is 9. The number of para-hydroxylation sites is 1. The fourth-order valence-electron chi connectivity index (χ4n) is 3.61. The van der Waals surface area contributed by atoms with Crippen molar-refractivity contribution in [3.05, 3.63) is 75.8 Å². The van der Waals surface area contributed by atoms with E-state index in [2.05, 4.69) is 20.5 Å². The third kappa shape index (κ3) is 3.57.